The van der Waals surface area contributed by atoms with Crippen molar-refractivity contribution in [3.63, 3.8) is 0 Å². The van der Waals surface area contributed by atoms with E-state index in [0.29, 0.717) is 85.5 Å². The summed E-state index contributed by atoms with van der Waals surface area (Å²) in [6.07, 6.45) is 4.60. The summed E-state index contributed by atoms with van der Waals surface area (Å²) in [5.74, 6) is -0.440. The molecular formula is C58H73IN4O12. The molecule has 404 valence electrons. The average Bonchev–Trinajstić information content (AvgIpc) is 4.16. The molecule has 6 rings (SSSR count). The van der Waals surface area contributed by atoms with Crippen molar-refractivity contribution in [2.24, 2.45) is 10.8 Å². The normalized spacial score (nSPS) is 12.9. The molecule has 0 fully saturated rings. The maximum absolute atomic E-state index is 12.8. The SMILES string of the molecule is C=Cc1c([C@@H](CCCOCc2ccccc2)CC(=O)OC(C)(C)C)noc1-c1cc(C(=O)C(C)(C)C)on1.CC(C)(C)OC(=O)C[C@H](CCCOCc1ccccc1)c1noc(-c2cc(C(=O)C(C)(C)C)on2)c1I. The second-order valence-corrected chi connectivity index (χ2v) is 23.5. The molecule has 0 radical (unpaired) electrons. The number of carbonyl (C=O) groups is 4. The number of ether oxygens (including phenoxy) is 4. The Morgan fingerprint density at radius 1 is 0.573 bits per heavy atom. The van der Waals surface area contributed by atoms with Gasteiger partial charge < -0.3 is 37.0 Å². The minimum Gasteiger partial charge on any atom is -0.460 e. The molecule has 0 saturated carbocycles. The lowest BCUT2D eigenvalue weighted by Gasteiger charge is -2.22. The Labute approximate surface area is 454 Å². The minimum atomic E-state index is -0.619. The third kappa shape index (κ3) is 18.6. The van der Waals surface area contributed by atoms with Gasteiger partial charge in [0.2, 0.25) is 28.8 Å². The zero-order valence-corrected chi connectivity index (χ0v) is 47.7. The van der Waals surface area contributed by atoms with E-state index in [0.717, 1.165) is 21.1 Å². The zero-order valence-electron chi connectivity index (χ0n) is 45.5. The van der Waals surface area contributed by atoms with Crippen LogP contribution in [0.15, 0.2) is 97.5 Å². The molecule has 0 spiro atoms. The van der Waals surface area contributed by atoms with Gasteiger partial charge in [-0.1, -0.05) is 135 Å². The predicted octanol–water partition coefficient (Wildman–Crippen LogP) is 14.0. The maximum Gasteiger partial charge on any atom is 0.306 e. The minimum absolute atomic E-state index is 0.120. The van der Waals surface area contributed by atoms with Gasteiger partial charge in [-0.05, 0) is 101 Å². The molecule has 0 amide bonds. The molecule has 0 aliphatic heterocycles. The average molecular weight is 1150 g/mol. The van der Waals surface area contributed by atoms with Gasteiger partial charge in [0.25, 0.3) is 0 Å². The standard InChI is InChI=1S/C30H38N2O6.C28H35IN2O6/c1-8-22-26(32-38-27(22)23-18-24(37-31-23)28(34)29(2,3)4)21(17-25(33)36-30(5,6)7)15-12-16-35-19-20-13-10-9-11-14-20;1-27(2,3)26(33)21-16-20(30-36-21)25-23(29)24(31-37-25)19(15-22(32)35-28(4,5)6)13-10-14-34-17-18-11-8-7-9-12-18/h8-11,13-14,18,21H,1,12,15-17,19H2,2-7H3;7-9,11-12,16,19H,10,13-15,17H2,1-6H3/t21-;19-/m00/s1. The molecule has 4 heterocycles. The van der Waals surface area contributed by atoms with Gasteiger partial charge in [0, 0.05) is 53.6 Å². The summed E-state index contributed by atoms with van der Waals surface area (Å²) in [5, 5.41) is 16.7. The third-order valence-corrected chi connectivity index (χ3v) is 12.3. The van der Waals surface area contributed by atoms with Gasteiger partial charge >= 0.3 is 11.9 Å². The highest BCUT2D eigenvalue weighted by Crippen LogP contribution is 2.38. The van der Waals surface area contributed by atoms with Crippen molar-refractivity contribution < 1.29 is 56.2 Å². The lowest BCUT2D eigenvalue weighted by Crippen LogP contribution is -2.25. The monoisotopic (exact) mass is 1140 g/mol. The number of esters is 2. The largest absolute Gasteiger partial charge is 0.460 e. The lowest BCUT2D eigenvalue weighted by molar-refractivity contribution is -0.156. The Kier molecular flexibility index (Phi) is 21.2. The molecule has 0 saturated heterocycles. The van der Waals surface area contributed by atoms with E-state index in [1.54, 1.807) is 18.2 Å². The van der Waals surface area contributed by atoms with Crippen LogP contribution < -0.4 is 0 Å². The van der Waals surface area contributed by atoms with Gasteiger partial charge in [-0.25, -0.2) is 0 Å². The van der Waals surface area contributed by atoms with Crippen LogP contribution in [0.4, 0.5) is 0 Å². The van der Waals surface area contributed by atoms with Gasteiger partial charge in [0.15, 0.2) is 17.1 Å². The van der Waals surface area contributed by atoms with E-state index >= 15 is 0 Å². The Hall–Kier alpha value is -6.05. The fourth-order valence-electron chi connectivity index (χ4n) is 7.64. The number of benzene rings is 2. The Bertz CT molecular complexity index is 2800. The molecule has 0 bridgehead atoms. The van der Waals surface area contributed by atoms with Crippen LogP contribution in [0.1, 0.15) is 183 Å². The van der Waals surface area contributed by atoms with Gasteiger partial charge in [-0.3, -0.25) is 19.2 Å². The van der Waals surface area contributed by atoms with E-state index < -0.39 is 22.0 Å². The Balaban J connectivity index is 0.000000277. The molecule has 2 aromatic carbocycles. The number of carbonyl (C=O) groups excluding carboxylic acids is 4. The van der Waals surface area contributed by atoms with Gasteiger partial charge in [0.1, 0.15) is 16.9 Å². The first kappa shape index (κ1) is 59.8. The molecular weight excluding hydrogens is 1070 g/mol. The van der Waals surface area contributed by atoms with Gasteiger partial charge in [-0.2, -0.15) is 0 Å². The van der Waals surface area contributed by atoms with Crippen molar-refractivity contribution in [2.45, 2.75) is 158 Å². The molecule has 0 aliphatic rings. The summed E-state index contributed by atoms with van der Waals surface area (Å²) in [5.41, 5.74) is 2.37. The Morgan fingerprint density at radius 3 is 1.39 bits per heavy atom. The summed E-state index contributed by atoms with van der Waals surface area (Å²) < 4.78 is 45.5. The van der Waals surface area contributed by atoms with Gasteiger partial charge in [-0.15, -0.1) is 0 Å². The first-order valence-corrected chi connectivity index (χ1v) is 26.3. The van der Waals surface area contributed by atoms with Crippen LogP contribution in [-0.4, -0.2) is 68.5 Å². The molecule has 17 heteroatoms. The summed E-state index contributed by atoms with van der Waals surface area (Å²) in [6.45, 7) is 28.0. The second-order valence-electron chi connectivity index (χ2n) is 22.4. The van der Waals surface area contributed by atoms with E-state index in [1.807, 2.05) is 144 Å². The van der Waals surface area contributed by atoms with Crippen LogP contribution >= 0.6 is 22.6 Å². The number of rotatable bonds is 23. The molecule has 16 nitrogen and oxygen atoms in total. The smallest absolute Gasteiger partial charge is 0.306 e. The molecule has 0 aliphatic carbocycles. The Morgan fingerprint density at radius 2 is 0.973 bits per heavy atom. The third-order valence-electron chi connectivity index (χ3n) is 11.3. The van der Waals surface area contributed by atoms with Crippen molar-refractivity contribution in [1.82, 2.24) is 20.6 Å². The number of hydrogen-bond acceptors (Lipinski definition) is 16. The quantitative estimate of drug-likeness (QED) is 0.0253. The first-order chi connectivity index (χ1) is 35.2. The summed E-state index contributed by atoms with van der Waals surface area (Å²) >= 11 is 2.14. The van der Waals surface area contributed by atoms with Crippen LogP contribution in [0.2, 0.25) is 0 Å². The van der Waals surface area contributed by atoms with Crippen LogP contribution in [-0.2, 0) is 41.8 Å². The maximum atomic E-state index is 12.8. The van der Waals surface area contributed by atoms with Crippen LogP contribution in [0, 0.1) is 14.4 Å². The van der Waals surface area contributed by atoms with Crippen molar-refractivity contribution in [3.8, 4) is 22.9 Å². The number of ketones is 2. The summed E-state index contributed by atoms with van der Waals surface area (Å²) in [6, 6.07) is 23.1. The number of halogens is 1. The second kappa shape index (κ2) is 26.6. The molecule has 75 heavy (non-hydrogen) atoms. The summed E-state index contributed by atoms with van der Waals surface area (Å²) in [4.78, 5) is 50.6. The highest BCUT2D eigenvalue weighted by Gasteiger charge is 2.33. The van der Waals surface area contributed by atoms with E-state index in [1.165, 1.54) is 0 Å². The van der Waals surface area contributed by atoms with E-state index in [2.05, 4.69) is 49.8 Å². The fraction of sp³-hybridized carbons (Fsp3) is 0.483. The van der Waals surface area contributed by atoms with E-state index in [9.17, 15) is 19.2 Å². The molecule has 0 N–H and O–H groups in total. The topological polar surface area (TPSA) is 209 Å². The van der Waals surface area contributed by atoms with Crippen molar-refractivity contribution in [1.29, 1.82) is 0 Å². The molecule has 0 unspecified atom stereocenters. The lowest BCUT2D eigenvalue weighted by atomic mass is 9.89. The van der Waals surface area contributed by atoms with Crippen molar-refractivity contribution >= 4 is 52.2 Å². The molecule has 2 atom stereocenters. The van der Waals surface area contributed by atoms with Gasteiger partial charge in [0.05, 0.1) is 35.3 Å². The summed E-state index contributed by atoms with van der Waals surface area (Å²) in [7, 11) is 0. The van der Waals surface area contributed by atoms with Crippen LogP contribution in [0.5, 0.6) is 0 Å². The zero-order chi connectivity index (χ0) is 55.1. The number of hydrogen-bond donors (Lipinski definition) is 0. The number of aromatic nitrogens is 4. The van der Waals surface area contributed by atoms with Crippen molar-refractivity contribution in [2.75, 3.05) is 13.2 Å². The van der Waals surface area contributed by atoms with Crippen LogP contribution in [0.25, 0.3) is 29.0 Å². The van der Waals surface area contributed by atoms with E-state index in [4.69, 9.17) is 37.0 Å². The highest BCUT2D eigenvalue weighted by molar-refractivity contribution is 14.1. The van der Waals surface area contributed by atoms with Crippen LogP contribution in [0.3, 0.4) is 0 Å². The number of Topliss-reactive ketones (excluding diaryl/α,β-unsaturated/α-hetero) is 2. The molecule has 4 aromatic heterocycles. The molecule has 6 aromatic rings. The number of nitrogens with zero attached hydrogens (tertiary/aromatic N) is 4. The predicted molar refractivity (Wildman–Crippen MR) is 291 cm³/mol. The fourth-order valence-corrected chi connectivity index (χ4v) is 8.55. The first-order valence-electron chi connectivity index (χ1n) is 25.2. The highest BCUT2D eigenvalue weighted by atomic mass is 127. The van der Waals surface area contributed by atoms with E-state index in [-0.39, 0.29) is 59.7 Å². The van der Waals surface area contributed by atoms with Crippen molar-refractivity contribution in [3.05, 3.63) is 123 Å².